The number of hydrogen-bond donors (Lipinski definition) is 1. The van der Waals surface area contributed by atoms with Crippen molar-refractivity contribution in [2.75, 3.05) is 0 Å². The molecule has 1 rings (SSSR count). The summed E-state index contributed by atoms with van der Waals surface area (Å²) in [4.78, 5) is 0. The van der Waals surface area contributed by atoms with Crippen LogP contribution in [0.25, 0.3) is 0 Å². The van der Waals surface area contributed by atoms with Crippen molar-refractivity contribution in [3.05, 3.63) is 0 Å². The van der Waals surface area contributed by atoms with E-state index in [1.807, 2.05) is 0 Å². The zero-order chi connectivity index (χ0) is 10.6. The number of nitrogens with one attached hydrogen (secondary N) is 1. The third kappa shape index (κ3) is 3.61. The van der Waals surface area contributed by atoms with Gasteiger partial charge >= 0.3 is 0 Å². The summed E-state index contributed by atoms with van der Waals surface area (Å²) in [6.45, 7) is 9.39. The van der Waals surface area contributed by atoms with Crippen LogP contribution in [0, 0.1) is 5.41 Å². The minimum atomic E-state index is 0.571. The van der Waals surface area contributed by atoms with E-state index >= 15 is 0 Å². The average Bonchev–Trinajstić information content (AvgIpc) is 2.12. The molecule has 0 heterocycles. The molecule has 0 aromatic heterocycles. The molecular weight excluding hydrogens is 170 g/mol. The van der Waals surface area contributed by atoms with Crippen molar-refractivity contribution in [1.82, 2.24) is 5.32 Å². The molecule has 0 aliphatic heterocycles. The Bertz CT molecular complexity index is 159. The van der Waals surface area contributed by atoms with Gasteiger partial charge in [0.2, 0.25) is 0 Å². The smallest absolute Gasteiger partial charge is 0.00747 e. The molecule has 14 heavy (non-hydrogen) atoms. The maximum absolute atomic E-state index is 3.81. The van der Waals surface area contributed by atoms with Crippen LogP contribution in [0.1, 0.15) is 66.2 Å². The van der Waals surface area contributed by atoms with Crippen molar-refractivity contribution >= 4 is 0 Å². The first-order chi connectivity index (χ1) is 6.57. The van der Waals surface area contributed by atoms with Gasteiger partial charge in [0.25, 0.3) is 0 Å². The molecule has 1 fully saturated rings. The highest BCUT2D eigenvalue weighted by Gasteiger charge is 2.28. The molecule has 0 radical (unpaired) electrons. The summed E-state index contributed by atoms with van der Waals surface area (Å²) in [6.07, 6.45) is 8.11. The average molecular weight is 197 g/mol. The molecular formula is C13H27N. The summed E-state index contributed by atoms with van der Waals surface area (Å²) in [6, 6.07) is 1.53. The van der Waals surface area contributed by atoms with Crippen molar-refractivity contribution in [2.24, 2.45) is 5.41 Å². The predicted molar refractivity (Wildman–Crippen MR) is 63.5 cm³/mol. The van der Waals surface area contributed by atoms with Gasteiger partial charge in [0.15, 0.2) is 0 Å². The van der Waals surface area contributed by atoms with Gasteiger partial charge in [0.1, 0.15) is 0 Å². The van der Waals surface area contributed by atoms with E-state index in [-0.39, 0.29) is 0 Å². The van der Waals surface area contributed by atoms with E-state index < -0.39 is 0 Å². The summed E-state index contributed by atoms with van der Waals surface area (Å²) >= 11 is 0. The lowest BCUT2D eigenvalue weighted by molar-refractivity contribution is 0.187. The number of rotatable bonds is 4. The fourth-order valence-electron chi connectivity index (χ4n) is 2.70. The van der Waals surface area contributed by atoms with Crippen molar-refractivity contribution < 1.29 is 0 Å². The summed E-state index contributed by atoms with van der Waals surface area (Å²) in [5.41, 5.74) is 0.571. The zero-order valence-electron chi connectivity index (χ0n) is 10.4. The van der Waals surface area contributed by atoms with Crippen molar-refractivity contribution in [3.63, 3.8) is 0 Å². The molecule has 0 aromatic carbocycles. The second-order valence-corrected chi connectivity index (χ2v) is 5.64. The van der Waals surface area contributed by atoms with Crippen LogP contribution in [0.2, 0.25) is 0 Å². The van der Waals surface area contributed by atoms with Crippen LogP contribution >= 0.6 is 0 Å². The first-order valence-electron chi connectivity index (χ1n) is 6.33. The second-order valence-electron chi connectivity index (χ2n) is 5.64. The maximum Gasteiger partial charge on any atom is 0.00747 e. The molecule has 84 valence electrons. The SMILES string of the molecule is CCC(CC)N[C@@H]1CCCC(C)(C)C1. The van der Waals surface area contributed by atoms with E-state index in [0.717, 1.165) is 12.1 Å². The van der Waals surface area contributed by atoms with Crippen LogP contribution in [-0.2, 0) is 0 Å². The molecule has 1 saturated carbocycles. The highest BCUT2D eigenvalue weighted by atomic mass is 14.9. The van der Waals surface area contributed by atoms with Gasteiger partial charge in [-0.2, -0.15) is 0 Å². The molecule has 0 bridgehead atoms. The van der Waals surface area contributed by atoms with E-state index in [9.17, 15) is 0 Å². The molecule has 1 atom stereocenters. The maximum atomic E-state index is 3.81. The van der Waals surface area contributed by atoms with Gasteiger partial charge in [-0.05, 0) is 37.5 Å². The largest absolute Gasteiger partial charge is 0.311 e. The minimum Gasteiger partial charge on any atom is -0.311 e. The second kappa shape index (κ2) is 5.16. The van der Waals surface area contributed by atoms with Crippen LogP contribution in [0.5, 0.6) is 0 Å². The number of hydrogen-bond acceptors (Lipinski definition) is 1. The van der Waals surface area contributed by atoms with E-state index in [4.69, 9.17) is 0 Å². The monoisotopic (exact) mass is 197 g/mol. The Labute approximate surface area is 89.7 Å². The standard InChI is InChI=1S/C13H27N/c1-5-11(6-2)14-12-8-7-9-13(3,4)10-12/h11-12,14H,5-10H2,1-4H3/t12-/m1/s1. The topological polar surface area (TPSA) is 12.0 Å². The van der Waals surface area contributed by atoms with E-state index in [2.05, 4.69) is 33.0 Å². The van der Waals surface area contributed by atoms with Crippen molar-refractivity contribution in [2.45, 2.75) is 78.3 Å². The van der Waals surface area contributed by atoms with Gasteiger partial charge in [-0.3, -0.25) is 0 Å². The Morgan fingerprint density at radius 2 is 1.93 bits per heavy atom. The van der Waals surface area contributed by atoms with Crippen molar-refractivity contribution in [3.8, 4) is 0 Å². The lowest BCUT2D eigenvalue weighted by atomic mass is 9.75. The van der Waals surface area contributed by atoms with E-state index in [0.29, 0.717) is 5.41 Å². The van der Waals surface area contributed by atoms with Gasteiger partial charge in [0, 0.05) is 12.1 Å². The quantitative estimate of drug-likeness (QED) is 0.724. The fourth-order valence-corrected chi connectivity index (χ4v) is 2.70. The highest BCUT2D eigenvalue weighted by Crippen LogP contribution is 2.35. The summed E-state index contributed by atoms with van der Waals surface area (Å²) in [5.74, 6) is 0. The van der Waals surface area contributed by atoms with Crippen LogP contribution in [0.15, 0.2) is 0 Å². The van der Waals surface area contributed by atoms with E-state index in [1.165, 1.54) is 38.5 Å². The Kier molecular flexibility index (Phi) is 4.43. The lowest BCUT2D eigenvalue weighted by Gasteiger charge is -2.37. The molecule has 1 aliphatic carbocycles. The molecule has 0 unspecified atom stereocenters. The predicted octanol–water partition coefficient (Wildman–Crippen LogP) is 3.73. The molecule has 0 aromatic rings. The van der Waals surface area contributed by atoms with Gasteiger partial charge in [-0.1, -0.05) is 34.1 Å². The Hall–Kier alpha value is -0.0400. The van der Waals surface area contributed by atoms with Crippen LogP contribution in [-0.4, -0.2) is 12.1 Å². The Balaban J connectivity index is 2.37. The third-order valence-corrected chi connectivity index (χ3v) is 3.66. The van der Waals surface area contributed by atoms with Gasteiger partial charge in [-0.25, -0.2) is 0 Å². The fraction of sp³-hybridized carbons (Fsp3) is 1.00. The zero-order valence-corrected chi connectivity index (χ0v) is 10.4. The van der Waals surface area contributed by atoms with Gasteiger partial charge in [0.05, 0.1) is 0 Å². The Morgan fingerprint density at radius 1 is 1.29 bits per heavy atom. The lowest BCUT2D eigenvalue weighted by Crippen LogP contribution is -2.42. The molecule has 1 aliphatic rings. The van der Waals surface area contributed by atoms with Crippen LogP contribution in [0.4, 0.5) is 0 Å². The normalized spacial score (nSPS) is 26.8. The molecule has 1 N–H and O–H groups in total. The third-order valence-electron chi connectivity index (χ3n) is 3.66. The molecule has 0 saturated heterocycles. The molecule has 0 amide bonds. The van der Waals surface area contributed by atoms with Crippen LogP contribution < -0.4 is 5.32 Å². The first kappa shape index (κ1) is 12.0. The Morgan fingerprint density at radius 3 is 2.43 bits per heavy atom. The minimum absolute atomic E-state index is 0.571. The first-order valence-corrected chi connectivity index (χ1v) is 6.33. The highest BCUT2D eigenvalue weighted by molar-refractivity contribution is 4.84. The van der Waals surface area contributed by atoms with Gasteiger partial charge < -0.3 is 5.32 Å². The summed E-state index contributed by atoms with van der Waals surface area (Å²) < 4.78 is 0. The summed E-state index contributed by atoms with van der Waals surface area (Å²) in [7, 11) is 0. The van der Waals surface area contributed by atoms with Crippen LogP contribution in [0.3, 0.4) is 0 Å². The van der Waals surface area contributed by atoms with E-state index in [1.54, 1.807) is 0 Å². The van der Waals surface area contributed by atoms with Crippen molar-refractivity contribution in [1.29, 1.82) is 0 Å². The summed E-state index contributed by atoms with van der Waals surface area (Å²) in [5, 5.41) is 3.81. The molecule has 0 spiro atoms. The molecule has 1 nitrogen and oxygen atoms in total. The van der Waals surface area contributed by atoms with Gasteiger partial charge in [-0.15, -0.1) is 0 Å². The molecule has 1 heteroatoms.